The molecule has 0 saturated carbocycles. The van der Waals surface area contributed by atoms with Crippen molar-refractivity contribution in [1.29, 1.82) is 0 Å². The number of carbonyl (C=O) groups is 2. The molecule has 0 aromatic heterocycles. The van der Waals surface area contributed by atoms with E-state index in [0.717, 1.165) is 0 Å². The summed E-state index contributed by atoms with van der Waals surface area (Å²) in [5, 5.41) is 29.3. The number of aromatic carboxylic acids is 1. The lowest BCUT2D eigenvalue weighted by Crippen LogP contribution is -2.19. The monoisotopic (exact) mass is 363 g/mol. The van der Waals surface area contributed by atoms with Crippen molar-refractivity contribution >= 4 is 23.5 Å². The van der Waals surface area contributed by atoms with E-state index in [2.05, 4.69) is 0 Å². The average molecular weight is 364 g/mol. The van der Waals surface area contributed by atoms with Gasteiger partial charge in [-0.25, -0.2) is 4.79 Å². The van der Waals surface area contributed by atoms with Crippen molar-refractivity contribution in [2.24, 2.45) is 5.73 Å². The molecule has 0 spiro atoms. The number of benzene rings is 2. The Morgan fingerprint density at radius 2 is 1.80 bits per heavy atom. The zero-order valence-electron chi connectivity index (χ0n) is 13.2. The minimum atomic E-state index is -1.13. The SMILES string of the molecule is NC[C@H](CC(=O)O)c1cc(Cl)ccc1C(O)c1cccc(C(=O)O)c1. The molecule has 2 atom stereocenters. The van der Waals surface area contributed by atoms with E-state index in [1.54, 1.807) is 24.3 Å². The van der Waals surface area contributed by atoms with E-state index in [9.17, 15) is 14.7 Å². The minimum absolute atomic E-state index is 0.0491. The van der Waals surface area contributed by atoms with Gasteiger partial charge in [0.2, 0.25) is 0 Å². The van der Waals surface area contributed by atoms with Crippen molar-refractivity contribution in [3.63, 3.8) is 0 Å². The van der Waals surface area contributed by atoms with Crippen LogP contribution in [0.5, 0.6) is 0 Å². The standard InChI is InChI=1S/C18H18ClNO5/c19-13-4-5-14(15(8-13)12(9-20)7-16(21)22)17(23)10-2-1-3-11(6-10)18(24)25/h1-6,8,12,17,23H,7,9,20H2,(H,21,22)(H,24,25)/t12-,17?/m0/s1. The normalized spacial score (nSPS) is 13.2. The largest absolute Gasteiger partial charge is 0.481 e. The smallest absolute Gasteiger partial charge is 0.335 e. The van der Waals surface area contributed by atoms with E-state index in [-0.39, 0.29) is 18.5 Å². The number of nitrogens with two attached hydrogens (primary N) is 1. The van der Waals surface area contributed by atoms with E-state index in [4.69, 9.17) is 27.5 Å². The molecule has 0 radical (unpaired) electrons. The summed E-state index contributed by atoms with van der Waals surface area (Å²) in [5.41, 5.74) is 7.12. The molecule has 0 fully saturated rings. The predicted molar refractivity (Wildman–Crippen MR) is 93.0 cm³/mol. The molecule has 0 aliphatic heterocycles. The predicted octanol–water partition coefficient (Wildman–Crippen LogP) is 2.64. The lowest BCUT2D eigenvalue weighted by molar-refractivity contribution is -0.137. The Morgan fingerprint density at radius 1 is 1.08 bits per heavy atom. The van der Waals surface area contributed by atoms with Crippen LogP contribution in [0, 0.1) is 0 Å². The summed E-state index contributed by atoms with van der Waals surface area (Å²) in [6.45, 7) is 0.0710. The zero-order valence-corrected chi connectivity index (χ0v) is 14.0. The highest BCUT2D eigenvalue weighted by Gasteiger charge is 2.23. The maximum Gasteiger partial charge on any atom is 0.335 e. The topological polar surface area (TPSA) is 121 Å². The second-order valence-electron chi connectivity index (χ2n) is 5.64. The van der Waals surface area contributed by atoms with Gasteiger partial charge in [-0.05, 0) is 47.5 Å². The fourth-order valence-electron chi connectivity index (χ4n) is 2.70. The highest BCUT2D eigenvalue weighted by molar-refractivity contribution is 6.30. The van der Waals surface area contributed by atoms with Gasteiger partial charge in [0.1, 0.15) is 6.10 Å². The van der Waals surface area contributed by atoms with Crippen molar-refractivity contribution < 1.29 is 24.9 Å². The fraction of sp³-hybridized carbons (Fsp3) is 0.222. The summed E-state index contributed by atoms with van der Waals surface area (Å²) in [4.78, 5) is 22.2. The molecule has 7 heteroatoms. The molecule has 6 nitrogen and oxygen atoms in total. The quantitative estimate of drug-likeness (QED) is 0.600. The fourth-order valence-corrected chi connectivity index (χ4v) is 2.88. The Kier molecular flexibility index (Phi) is 6.14. The van der Waals surface area contributed by atoms with Gasteiger partial charge in [-0.2, -0.15) is 0 Å². The van der Waals surface area contributed by atoms with Crippen molar-refractivity contribution in [1.82, 2.24) is 0 Å². The molecule has 5 N–H and O–H groups in total. The first-order valence-electron chi connectivity index (χ1n) is 7.56. The molecule has 0 aliphatic carbocycles. The van der Waals surface area contributed by atoms with Gasteiger partial charge in [-0.3, -0.25) is 4.79 Å². The van der Waals surface area contributed by atoms with Gasteiger partial charge in [0.25, 0.3) is 0 Å². The molecule has 132 valence electrons. The highest BCUT2D eigenvalue weighted by atomic mass is 35.5. The van der Waals surface area contributed by atoms with Crippen LogP contribution in [-0.4, -0.2) is 33.8 Å². The molecular formula is C18H18ClNO5. The summed E-state index contributed by atoms with van der Waals surface area (Å²) in [6.07, 6.45) is -1.33. The highest BCUT2D eigenvalue weighted by Crippen LogP contribution is 2.33. The lowest BCUT2D eigenvalue weighted by Gasteiger charge is -2.21. The second kappa shape index (κ2) is 8.11. The molecule has 2 aromatic carbocycles. The number of halogens is 1. The van der Waals surface area contributed by atoms with Gasteiger partial charge >= 0.3 is 11.9 Å². The Balaban J connectivity index is 2.49. The van der Waals surface area contributed by atoms with Gasteiger partial charge in [-0.15, -0.1) is 0 Å². The number of aliphatic carboxylic acids is 1. The number of carboxylic acid groups (broad SMARTS) is 2. The molecule has 25 heavy (non-hydrogen) atoms. The van der Waals surface area contributed by atoms with Crippen molar-refractivity contribution in [3.05, 3.63) is 69.7 Å². The first-order chi connectivity index (χ1) is 11.8. The lowest BCUT2D eigenvalue weighted by atomic mass is 9.87. The van der Waals surface area contributed by atoms with E-state index >= 15 is 0 Å². The van der Waals surface area contributed by atoms with Gasteiger partial charge in [0.05, 0.1) is 12.0 Å². The van der Waals surface area contributed by atoms with Crippen LogP contribution in [0.4, 0.5) is 0 Å². The molecule has 0 aliphatic rings. The molecule has 1 unspecified atom stereocenters. The third-order valence-electron chi connectivity index (χ3n) is 3.94. The maximum absolute atomic E-state index is 11.1. The van der Waals surface area contributed by atoms with E-state index in [0.29, 0.717) is 21.7 Å². The summed E-state index contributed by atoms with van der Waals surface area (Å²) < 4.78 is 0. The van der Waals surface area contributed by atoms with Crippen LogP contribution in [0.15, 0.2) is 42.5 Å². The van der Waals surface area contributed by atoms with Crippen molar-refractivity contribution in [3.8, 4) is 0 Å². The molecule has 0 bridgehead atoms. The van der Waals surface area contributed by atoms with Crippen LogP contribution >= 0.6 is 11.6 Å². The number of hydrogen-bond donors (Lipinski definition) is 4. The van der Waals surface area contributed by atoms with E-state index in [1.807, 2.05) is 0 Å². The number of aliphatic hydroxyl groups is 1. The van der Waals surface area contributed by atoms with Crippen LogP contribution in [0.3, 0.4) is 0 Å². The molecule has 0 amide bonds. The number of carboxylic acids is 2. The molecule has 0 heterocycles. The second-order valence-corrected chi connectivity index (χ2v) is 6.07. The third kappa shape index (κ3) is 4.57. The summed E-state index contributed by atoms with van der Waals surface area (Å²) in [6, 6.07) is 10.7. The molecule has 0 saturated heterocycles. The Labute approximate surface area is 149 Å². The van der Waals surface area contributed by atoms with Crippen LogP contribution in [-0.2, 0) is 4.79 Å². The summed E-state index contributed by atoms with van der Waals surface area (Å²) in [7, 11) is 0. The first-order valence-corrected chi connectivity index (χ1v) is 7.93. The van der Waals surface area contributed by atoms with Crippen molar-refractivity contribution in [2.75, 3.05) is 6.54 Å². The average Bonchev–Trinajstić information content (AvgIpc) is 2.59. The van der Waals surface area contributed by atoms with Crippen LogP contribution < -0.4 is 5.73 Å². The number of rotatable bonds is 7. The third-order valence-corrected chi connectivity index (χ3v) is 4.17. The summed E-state index contributed by atoms with van der Waals surface area (Å²) >= 11 is 6.02. The number of aliphatic hydroxyl groups excluding tert-OH is 1. The maximum atomic E-state index is 11.1. The molecule has 2 rings (SSSR count). The molecule has 2 aromatic rings. The van der Waals surface area contributed by atoms with Gasteiger partial charge in [0, 0.05) is 10.9 Å². The van der Waals surface area contributed by atoms with Crippen LogP contribution in [0.25, 0.3) is 0 Å². The van der Waals surface area contributed by atoms with Gasteiger partial charge in [0.15, 0.2) is 0 Å². The Bertz CT molecular complexity index is 793. The minimum Gasteiger partial charge on any atom is -0.481 e. The Hall–Kier alpha value is -2.41. The van der Waals surface area contributed by atoms with E-state index in [1.165, 1.54) is 18.2 Å². The summed E-state index contributed by atoms with van der Waals surface area (Å²) in [5.74, 6) is -2.64. The van der Waals surface area contributed by atoms with E-state index < -0.39 is 24.0 Å². The zero-order chi connectivity index (χ0) is 18.6. The van der Waals surface area contributed by atoms with Crippen LogP contribution in [0.2, 0.25) is 5.02 Å². The van der Waals surface area contributed by atoms with Gasteiger partial charge < -0.3 is 21.1 Å². The number of hydrogen-bond acceptors (Lipinski definition) is 4. The van der Waals surface area contributed by atoms with Crippen LogP contribution in [0.1, 0.15) is 45.5 Å². The first kappa shape index (κ1) is 18.9. The van der Waals surface area contributed by atoms with Crippen molar-refractivity contribution in [2.45, 2.75) is 18.4 Å². The molecular weight excluding hydrogens is 346 g/mol. The van der Waals surface area contributed by atoms with Gasteiger partial charge in [-0.1, -0.05) is 29.8 Å². The Morgan fingerprint density at radius 3 is 2.40 bits per heavy atom.